The lowest BCUT2D eigenvalue weighted by Gasteiger charge is -2.41. The monoisotopic (exact) mass is 372 g/mol. The molecule has 0 aromatic carbocycles. The Bertz CT molecular complexity index is 455. The van der Waals surface area contributed by atoms with Crippen molar-refractivity contribution in [2.75, 3.05) is 0 Å². The van der Waals surface area contributed by atoms with Crippen LogP contribution >= 0.6 is 0 Å². The van der Waals surface area contributed by atoms with Crippen molar-refractivity contribution in [1.29, 1.82) is 0 Å². The van der Waals surface area contributed by atoms with Crippen molar-refractivity contribution in [2.45, 2.75) is 92.9 Å². The Morgan fingerprint density at radius 3 is 2.30 bits per heavy atom. The zero-order valence-corrected chi connectivity index (χ0v) is 19.3. The highest BCUT2D eigenvalue weighted by molar-refractivity contribution is 5.09. The minimum atomic E-state index is 0.681. The van der Waals surface area contributed by atoms with E-state index in [1.165, 1.54) is 56.9 Å². The van der Waals surface area contributed by atoms with Crippen LogP contribution in [0.5, 0.6) is 0 Å². The summed E-state index contributed by atoms with van der Waals surface area (Å²) < 4.78 is 0. The molecule has 0 heterocycles. The molecule has 0 spiro atoms. The molecular formula is C27H48. The number of hydrogen-bond acceptors (Lipinski definition) is 0. The molecule has 1 rings (SSSR count). The van der Waals surface area contributed by atoms with Gasteiger partial charge < -0.3 is 0 Å². The van der Waals surface area contributed by atoms with Crippen molar-refractivity contribution in [3.63, 3.8) is 0 Å². The number of allylic oxidation sites excluding steroid dienone is 4. The van der Waals surface area contributed by atoms with E-state index in [2.05, 4.69) is 66.9 Å². The quantitative estimate of drug-likeness (QED) is 0.237. The van der Waals surface area contributed by atoms with E-state index in [-0.39, 0.29) is 0 Å². The smallest absolute Gasteiger partial charge is 0.0202 e. The predicted molar refractivity (Wildman–Crippen MR) is 124 cm³/mol. The second-order valence-corrected chi connectivity index (χ2v) is 10.2. The van der Waals surface area contributed by atoms with E-state index in [1.54, 1.807) is 0 Å². The van der Waals surface area contributed by atoms with Crippen LogP contribution in [-0.2, 0) is 0 Å². The normalized spacial score (nSPS) is 27.2. The molecule has 0 heteroatoms. The van der Waals surface area contributed by atoms with E-state index >= 15 is 0 Å². The fourth-order valence-electron chi connectivity index (χ4n) is 5.58. The zero-order valence-electron chi connectivity index (χ0n) is 19.3. The Morgan fingerprint density at radius 1 is 1.04 bits per heavy atom. The molecule has 6 unspecified atom stereocenters. The first-order valence-corrected chi connectivity index (χ1v) is 11.7. The van der Waals surface area contributed by atoms with Crippen LogP contribution in [0.4, 0.5) is 0 Å². The summed E-state index contributed by atoms with van der Waals surface area (Å²) in [6.45, 7) is 22.4. The van der Waals surface area contributed by atoms with Crippen LogP contribution in [0.3, 0.4) is 0 Å². The maximum atomic E-state index is 4.29. The molecule has 0 bridgehead atoms. The Labute approximate surface area is 171 Å². The van der Waals surface area contributed by atoms with Crippen LogP contribution in [0.2, 0.25) is 0 Å². The lowest BCUT2D eigenvalue weighted by atomic mass is 9.64. The van der Waals surface area contributed by atoms with Gasteiger partial charge in [0.05, 0.1) is 0 Å². The van der Waals surface area contributed by atoms with Gasteiger partial charge >= 0.3 is 0 Å². The van der Waals surface area contributed by atoms with Gasteiger partial charge in [-0.2, -0.15) is 0 Å². The summed E-state index contributed by atoms with van der Waals surface area (Å²) in [5, 5.41) is 0. The molecule has 0 aromatic heterocycles. The lowest BCUT2D eigenvalue weighted by molar-refractivity contribution is 0.113. The minimum absolute atomic E-state index is 0.681. The van der Waals surface area contributed by atoms with Crippen LogP contribution in [0.15, 0.2) is 37.0 Å². The summed E-state index contributed by atoms with van der Waals surface area (Å²) in [7, 11) is 0. The van der Waals surface area contributed by atoms with Crippen molar-refractivity contribution in [2.24, 2.45) is 41.4 Å². The third-order valence-electron chi connectivity index (χ3n) is 6.98. The standard InChI is InChI=1S/C27H48/c1-9-12-22(7)17-26-14-13-24(16-21(6)10-2)19-27(26)25(11-3)18-23(8)15-20(4)5/h9,11-12,20-21,23-27H,1,3,10,13-19H2,2,4-8H3. The van der Waals surface area contributed by atoms with E-state index in [1.807, 2.05) is 6.08 Å². The van der Waals surface area contributed by atoms with Gasteiger partial charge in [-0.05, 0) is 86.9 Å². The van der Waals surface area contributed by atoms with E-state index in [0.717, 1.165) is 35.5 Å². The SMILES string of the molecule is C=CC=C(C)CC1CCC(CC(C)CC)CC1C(C=C)CC(C)CC(C)C. The molecule has 1 aliphatic rings. The molecule has 0 aliphatic heterocycles. The Hall–Kier alpha value is -0.780. The minimum Gasteiger partial charge on any atom is -0.103 e. The van der Waals surface area contributed by atoms with Crippen molar-refractivity contribution >= 4 is 0 Å². The van der Waals surface area contributed by atoms with Crippen molar-refractivity contribution in [3.05, 3.63) is 37.0 Å². The highest BCUT2D eigenvalue weighted by atomic mass is 14.4. The van der Waals surface area contributed by atoms with E-state index in [9.17, 15) is 0 Å². The molecule has 0 aromatic rings. The Morgan fingerprint density at radius 2 is 1.74 bits per heavy atom. The summed E-state index contributed by atoms with van der Waals surface area (Å²) >= 11 is 0. The van der Waals surface area contributed by atoms with Crippen molar-refractivity contribution in [1.82, 2.24) is 0 Å². The first kappa shape index (κ1) is 24.3. The van der Waals surface area contributed by atoms with Crippen molar-refractivity contribution < 1.29 is 0 Å². The fraction of sp³-hybridized carbons (Fsp3) is 0.778. The zero-order chi connectivity index (χ0) is 20.4. The highest BCUT2D eigenvalue weighted by Crippen LogP contribution is 2.45. The first-order chi connectivity index (χ1) is 12.8. The molecule has 0 amide bonds. The van der Waals surface area contributed by atoms with Crippen molar-refractivity contribution in [3.8, 4) is 0 Å². The lowest BCUT2D eigenvalue weighted by Crippen LogP contribution is -2.32. The molecule has 27 heavy (non-hydrogen) atoms. The molecule has 6 atom stereocenters. The fourth-order valence-corrected chi connectivity index (χ4v) is 5.58. The summed E-state index contributed by atoms with van der Waals surface area (Å²) in [5.41, 5.74) is 1.50. The van der Waals surface area contributed by atoms with Gasteiger partial charge in [0.15, 0.2) is 0 Å². The van der Waals surface area contributed by atoms with Gasteiger partial charge in [0.25, 0.3) is 0 Å². The largest absolute Gasteiger partial charge is 0.103 e. The van der Waals surface area contributed by atoms with Crippen LogP contribution in [0.25, 0.3) is 0 Å². The van der Waals surface area contributed by atoms with Gasteiger partial charge in [-0.15, -0.1) is 6.58 Å². The summed E-state index contributed by atoms with van der Waals surface area (Å²) in [6.07, 6.45) is 17.4. The average Bonchev–Trinajstić information content (AvgIpc) is 2.60. The van der Waals surface area contributed by atoms with Gasteiger partial charge in [-0.3, -0.25) is 0 Å². The summed E-state index contributed by atoms with van der Waals surface area (Å²) in [4.78, 5) is 0. The topological polar surface area (TPSA) is 0 Å². The van der Waals surface area contributed by atoms with Gasteiger partial charge in [0, 0.05) is 0 Å². The maximum absolute atomic E-state index is 4.29. The number of hydrogen-bond donors (Lipinski definition) is 0. The molecule has 0 N–H and O–H groups in total. The Balaban J connectivity index is 2.90. The average molecular weight is 373 g/mol. The third kappa shape index (κ3) is 8.84. The molecule has 1 aliphatic carbocycles. The van der Waals surface area contributed by atoms with E-state index < -0.39 is 0 Å². The molecule has 156 valence electrons. The van der Waals surface area contributed by atoms with E-state index in [0.29, 0.717) is 5.92 Å². The maximum Gasteiger partial charge on any atom is -0.0202 e. The summed E-state index contributed by atoms with van der Waals surface area (Å²) in [6, 6.07) is 0. The van der Waals surface area contributed by atoms with E-state index in [4.69, 9.17) is 0 Å². The molecule has 0 nitrogen and oxygen atoms in total. The Kier molecular flexibility index (Phi) is 11.4. The van der Waals surface area contributed by atoms with Crippen LogP contribution in [-0.4, -0.2) is 0 Å². The van der Waals surface area contributed by atoms with Gasteiger partial charge in [0.1, 0.15) is 0 Å². The summed E-state index contributed by atoms with van der Waals surface area (Å²) in [5.74, 6) is 5.71. The third-order valence-corrected chi connectivity index (χ3v) is 6.98. The second kappa shape index (κ2) is 12.6. The van der Waals surface area contributed by atoms with Gasteiger partial charge in [0.2, 0.25) is 0 Å². The van der Waals surface area contributed by atoms with Crippen LogP contribution in [0.1, 0.15) is 92.9 Å². The highest BCUT2D eigenvalue weighted by Gasteiger charge is 2.35. The second-order valence-electron chi connectivity index (χ2n) is 10.2. The predicted octanol–water partition coefficient (Wildman–Crippen LogP) is 8.85. The van der Waals surface area contributed by atoms with Crippen LogP contribution < -0.4 is 0 Å². The van der Waals surface area contributed by atoms with Crippen LogP contribution in [0, 0.1) is 41.4 Å². The molecule has 0 saturated heterocycles. The number of rotatable bonds is 12. The molecule has 1 saturated carbocycles. The molecular weight excluding hydrogens is 324 g/mol. The molecule has 1 fully saturated rings. The molecule has 0 radical (unpaired) electrons. The first-order valence-electron chi connectivity index (χ1n) is 11.7. The van der Waals surface area contributed by atoms with Gasteiger partial charge in [-0.1, -0.05) is 77.8 Å². The van der Waals surface area contributed by atoms with Gasteiger partial charge in [-0.25, -0.2) is 0 Å².